The Bertz CT molecular complexity index is 2350. The van der Waals surface area contributed by atoms with Crippen LogP contribution < -0.4 is 5.73 Å². The third-order valence-electron chi connectivity index (χ3n) is 9.14. The van der Waals surface area contributed by atoms with Gasteiger partial charge in [0.1, 0.15) is 0 Å². The Hall–Kier alpha value is -5.67. The van der Waals surface area contributed by atoms with Gasteiger partial charge in [0.2, 0.25) is 0 Å². The number of aromatic nitrogens is 1. The van der Waals surface area contributed by atoms with Crippen molar-refractivity contribution in [2.45, 2.75) is 13.3 Å². The van der Waals surface area contributed by atoms with E-state index in [4.69, 9.17) is 10.7 Å². The highest BCUT2D eigenvalue weighted by molar-refractivity contribution is 6.22. The summed E-state index contributed by atoms with van der Waals surface area (Å²) in [6, 6.07) is 42.8. The average molecular weight is 580 g/mol. The molecule has 0 spiro atoms. The number of fused-ring (bicyclic) bond motifs is 6. The van der Waals surface area contributed by atoms with Crippen LogP contribution in [-0.2, 0) is 0 Å². The molecule has 0 fully saturated rings. The van der Waals surface area contributed by atoms with Crippen LogP contribution in [0.1, 0.15) is 18.9 Å². The zero-order valence-electron chi connectivity index (χ0n) is 25.2. The first-order valence-corrected chi connectivity index (χ1v) is 15.5. The molecule has 1 unspecified atom stereocenters. The van der Waals surface area contributed by atoms with Crippen molar-refractivity contribution in [2.75, 3.05) is 5.73 Å². The Morgan fingerprint density at radius 2 is 1.24 bits per heavy atom. The number of para-hydroxylation sites is 3. The summed E-state index contributed by atoms with van der Waals surface area (Å²) in [5.41, 5.74) is 16.3. The Kier molecular flexibility index (Phi) is 6.46. The normalized spacial score (nSPS) is 15.5. The maximum absolute atomic E-state index is 6.90. The largest absolute Gasteiger partial charge is 0.396 e. The first kappa shape index (κ1) is 26.9. The van der Waals surface area contributed by atoms with Gasteiger partial charge in [-0.05, 0) is 53.0 Å². The monoisotopic (exact) mass is 579 g/mol. The molecule has 45 heavy (non-hydrogen) atoms. The fourth-order valence-electron chi connectivity index (χ4n) is 7.07. The van der Waals surface area contributed by atoms with Crippen LogP contribution in [0.15, 0.2) is 157 Å². The second-order valence-corrected chi connectivity index (χ2v) is 11.9. The van der Waals surface area contributed by atoms with Crippen LogP contribution in [-0.4, -0.2) is 10.3 Å². The Morgan fingerprint density at radius 3 is 1.91 bits per heavy atom. The molecule has 0 saturated heterocycles. The van der Waals surface area contributed by atoms with Crippen LogP contribution in [0.4, 0.5) is 11.4 Å². The summed E-state index contributed by atoms with van der Waals surface area (Å²) in [4.78, 5) is 5.33. The molecule has 7 aromatic rings. The third kappa shape index (κ3) is 4.31. The summed E-state index contributed by atoms with van der Waals surface area (Å²) >= 11 is 0. The van der Waals surface area contributed by atoms with E-state index in [2.05, 4.69) is 145 Å². The fraction of sp³-hybridized carbons (Fsp3) is 0.0714. The van der Waals surface area contributed by atoms with Gasteiger partial charge >= 0.3 is 0 Å². The molecule has 216 valence electrons. The molecule has 1 aliphatic carbocycles. The average Bonchev–Trinajstić information content (AvgIpc) is 3.43. The number of nitrogen functional groups attached to an aromatic ring is 1. The summed E-state index contributed by atoms with van der Waals surface area (Å²) in [7, 11) is 0. The molecular weight excluding hydrogens is 546 g/mol. The number of rotatable bonds is 5. The Morgan fingerprint density at radius 1 is 0.711 bits per heavy atom. The number of nitrogens with zero attached hydrogens (tertiary/aromatic N) is 2. The van der Waals surface area contributed by atoms with Crippen molar-refractivity contribution < 1.29 is 0 Å². The van der Waals surface area contributed by atoms with Crippen molar-refractivity contribution in [3.63, 3.8) is 0 Å². The van der Waals surface area contributed by atoms with Crippen LogP contribution >= 0.6 is 0 Å². The molecule has 1 heterocycles. The molecule has 1 aliphatic rings. The van der Waals surface area contributed by atoms with E-state index in [0.717, 1.165) is 50.6 Å². The van der Waals surface area contributed by atoms with Gasteiger partial charge < -0.3 is 10.3 Å². The van der Waals surface area contributed by atoms with Gasteiger partial charge in [-0.25, -0.2) is 4.99 Å². The van der Waals surface area contributed by atoms with E-state index in [9.17, 15) is 0 Å². The van der Waals surface area contributed by atoms with E-state index in [1.807, 2.05) is 12.1 Å². The maximum Gasteiger partial charge on any atom is 0.0951 e. The molecule has 0 bridgehead atoms. The minimum Gasteiger partial charge on any atom is -0.396 e. The van der Waals surface area contributed by atoms with E-state index < -0.39 is 0 Å². The minimum atomic E-state index is 0.382. The molecule has 6 aromatic carbocycles. The summed E-state index contributed by atoms with van der Waals surface area (Å²) in [6.45, 7) is 6.53. The van der Waals surface area contributed by atoms with Gasteiger partial charge in [0.25, 0.3) is 0 Å². The fourth-order valence-corrected chi connectivity index (χ4v) is 7.07. The quantitative estimate of drug-likeness (QED) is 0.123. The van der Waals surface area contributed by atoms with Crippen molar-refractivity contribution in [1.29, 1.82) is 0 Å². The lowest BCUT2D eigenvalue weighted by Crippen LogP contribution is -2.10. The minimum absolute atomic E-state index is 0.382. The van der Waals surface area contributed by atoms with Crippen LogP contribution in [0.2, 0.25) is 0 Å². The molecule has 0 radical (unpaired) electrons. The number of aliphatic imine (C=N–C) groups is 1. The van der Waals surface area contributed by atoms with Crippen LogP contribution in [0, 0.1) is 5.92 Å². The third-order valence-corrected chi connectivity index (χ3v) is 9.14. The SMILES string of the molecule is C=CC(=Nc1c(N)c2ccccc2c2ccccc12)C1=C(c2ccccc2-n2c3ccccc3c3ccccc32)CC(C)C=C1. The van der Waals surface area contributed by atoms with Gasteiger partial charge in [0.15, 0.2) is 0 Å². The van der Waals surface area contributed by atoms with Crippen LogP contribution in [0.5, 0.6) is 0 Å². The zero-order chi connectivity index (χ0) is 30.5. The molecule has 8 rings (SSSR count). The highest BCUT2D eigenvalue weighted by Gasteiger charge is 2.23. The summed E-state index contributed by atoms with van der Waals surface area (Å²) in [6.07, 6.45) is 7.28. The Labute approximate surface area is 263 Å². The molecule has 1 atom stereocenters. The summed E-state index contributed by atoms with van der Waals surface area (Å²) in [5, 5.41) is 6.83. The smallest absolute Gasteiger partial charge is 0.0951 e. The highest BCUT2D eigenvalue weighted by atomic mass is 15.0. The predicted molar refractivity (Wildman–Crippen MR) is 194 cm³/mol. The van der Waals surface area contributed by atoms with Crippen molar-refractivity contribution in [3.05, 3.63) is 157 Å². The van der Waals surface area contributed by atoms with E-state index in [1.165, 1.54) is 32.9 Å². The van der Waals surface area contributed by atoms with Crippen LogP contribution in [0.3, 0.4) is 0 Å². The van der Waals surface area contributed by atoms with Gasteiger partial charge in [0, 0.05) is 32.7 Å². The van der Waals surface area contributed by atoms with Gasteiger partial charge in [-0.3, -0.25) is 0 Å². The number of hydrogen-bond donors (Lipinski definition) is 1. The lowest BCUT2D eigenvalue weighted by atomic mass is 9.84. The van der Waals surface area contributed by atoms with E-state index in [1.54, 1.807) is 0 Å². The molecule has 0 amide bonds. The van der Waals surface area contributed by atoms with E-state index >= 15 is 0 Å². The number of anilines is 1. The number of benzene rings is 6. The first-order chi connectivity index (χ1) is 22.1. The van der Waals surface area contributed by atoms with Crippen molar-refractivity contribution in [1.82, 2.24) is 4.57 Å². The van der Waals surface area contributed by atoms with Gasteiger partial charge in [0.05, 0.1) is 33.8 Å². The molecule has 1 aromatic heterocycles. The molecule has 3 nitrogen and oxygen atoms in total. The second kappa shape index (κ2) is 10.8. The lowest BCUT2D eigenvalue weighted by molar-refractivity contribution is 0.746. The predicted octanol–water partition coefficient (Wildman–Crippen LogP) is 11.0. The van der Waals surface area contributed by atoms with Crippen molar-refractivity contribution >= 4 is 66.0 Å². The summed E-state index contributed by atoms with van der Waals surface area (Å²) < 4.78 is 2.41. The molecule has 2 N–H and O–H groups in total. The van der Waals surface area contributed by atoms with Gasteiger partial charge in [-0.2, -0.15) is 0 Å². The number of nitrogens with two attached hydrogens (primary N) is 1. The molecule has 0 saturated carbocycles. The van der Waals surface area contributed by atoms with E-state index in [0.29, 0.717) is 11.6 Å². The molecule has 3 heteroatoms. The maximum atomic E-state index is 6.90. The number of allylic oxidation sites excluding steroid dienone is 5. The van der Waals surface area contributed by atoms with Crippen LogP contribution in [0.25, 0.3) is 54.6 Å². The second-order valence-electron chi connectivity index (χ2n) is 11.9. The number of hydrogen-bond acceptors (Lipinski definition) is 2. The first-order valence-electron chi connectivity index (χ1n) is 15.5. The van der Waals surface area contributed by atoms with Crippen molar-refractivity contribution in [2.24, 2.45) is 10.9 Å². The molecule has 0 aliphatic heterocycles. The Balaban J connectivity index is 1.40. The van der Waals surface area contributed by atoms with Gasteiger partial charge in [-0.1, -0.05) is 129 Å². The zero-order valence-corrected chi connectivity index (χ0v) is 25.2. The van der Waals surface area contributed by atoms with E-state index in [-0.39, 0.29) is 0 Å². The topological polar surface area (TPSA) is 43.3 Å². The lowest BCUT2D eigenvalue weighted by Gasteiger charge is -2.24. The standard InChI is InChI=1S/C42H33N3/c1-3-37(44-42-35-20-7-5-15-29(35)28-14-4-6-19-34(28)41(42)43)30-25-24-27(2)26-36(30)33-18-10-13-23-40(33)45-38-21-11-8-16-31(38)32-17-9-12-22-39(32)45/h3-25,27H,1,26,43H2,2H3. The molecular formula is C42H33N3. The van der Waals surface area contributed by atoms with Gasteiger partial charge in [-0.15, -0.1) is 0 Å². The summed E-state index contributed by atoms with van der Waals surface area (Å²) in [5.74, 6) is 0.382. The van der Waals surface area contributed by atoms with Crippen molar-refractivity contribution in [3.8, 4) is 5.69 Å². The highest BCUT2D eigenvalue weighted by Crippen LogP contribution is 2.43.